The number of methoxy groups -OCH3 is 1. The van der Waals surface area contributed by atoms with Crippen LogP contribution in [-0.4, -0.2) is 7.11 Å². The lowest BCUT2D eigenvalue weighted by Gasteiger charge is -2.37. The van der Waals surface area contributed by atoms with Crippen molar-refractivity contribution >= 4 is 5.69 Å². The molecule has 1 N–H and O–H groups in total. The van der Waals surface area contributed by atoms with Crippen molar-refractivity contribution in [2.24, 2.45) is 5.92 Å². The van der Waals surface area contributed by atoms with Gasteiger partial charge in [-0.2, -0.15) is 0 Å². The number of hydrogen-bond acceptors (Lipinski definition) is 2. The lowest BCUT2D eigenvalue weighted by molar-refractivity contribution is 0.405. The van der Waals surface area contributed by atoms with Gasteiger partial charge in [-0.05, 0) is 41.7 Å². The van der Waals surface area contributed by atoms with Crippen molar-refractivity contribution in [2.75, 3.05) is 12.4 Å². The Morgan fingerprint density at radius 1 is 1.18 bits per heavy atom. The first-order valence-corrected chi connectivity index (χ1v) is 7.63. The second-order valence-corrected chi connectivity index (χ2v) is 5.96. The molecule has 0 saturated heterocycles. The zero-order valence-corrected chi connectivity index (χ0v) is 12.4. The van der Waals surface area contributed by atoms with E-state index in [1.54, 1.807) is 13.2 Å². The van der Waals surface area contributed by atoms with E-state index in [1.807, 2.05) is 24.3 Å². The molecule has 3 heteroatoms. The predicted octanol–water partition coefficient (Wildman–Crippen LogP) is 4.66. The Labute approximate surface area is 129 Å². The molecule has 112 valence electrons. The fourth-order valence-electron chi connectivity index (χ4n) is 3.75. The molecule has 0 unspecified atom stereocenters. The molecular formula is C19H18FNO. The number of rotatable bonds is 2. The average Bonchev–Trinajstić information content (AvgIpc) is 3.04. The number of fused-ring (bicyclic) bond motifs is 3. The van der Waals surface area contributed by atoms with E-state index >= 15 is 0 Å². The van der Waals surface area contributed by atoms with Crippen LogP contribution >= 0.6 is 0 Å². The number of nitrogens with one attached hydrogen (secondary N) is 1. The molecule has 2 aromatic rings. The second kappa shape index (κ2) is 5.16. The van der Waals surface area contributed by atoms with Crippen molar-refractivity contribution in [1.29, 1.82) is 0 Å². The summed E-state index contributed by atoms with van der Waals surface area (Å²) in [5, 5.41) is 3.43. The number of ether oxygens (including phenoxy) is 1. The van der Waals surface area contributed by atoms with E-state index in [2.05, 4.69) is 23.5 Å². The summed E-state index contributed by atoms with van der Waals surface area (Å²) in [6.07, 6.45) is 5.44. The molecule has 0 aromatic heterocycles. The van der Waals surface area contributed by atoms with Crippen LogP contribution in [0.4, 0.5) is 10.1 Å². The van der Waals surface area contributed by atoms with Crippen LogP contribution in [0.1, 0.15) is 29.5 Å². The summed E-state index contributed by atoms with van der Waals surface area (Å²) in [4.78, 5) is 0. The van der Waals surface area contributed by atoms with Gasteiger partial charge < -0.3 is 10.1 Å². The fourth-order valence-corrected chi connectivity index (χ4v) is 3.75. The monoisotopic (exact) mass is 295 g/mol. The highest BCUT2D eigenvalue weighted by Crippen LogP contribution is 2.50. The highest BCUT2D eigenvalue weighted by atomic mass is 19.1. The molecule has 0 amide bonds. The van der Waals surface area contributed by atoms with Crippen molar-refractivity contribution in [3.63, 3.8) is 0 Å². The van der Waals surface area contributed by atoms with Crippen LogP contribution < -0.4 is 10.1 Å². The molecule has 0 bridgehead atoms. The maximum atomic E-state index is 14.3. The van der Waals surface area contributed by atoms with Gasteiger partial charge in [0.2, 0.25) is 0 Å². The van der Waals surface area contributed by atoms with Gasteiger partial charge >= 0.3 is 0 Å². The quantitative estimate of drug-likeness (QED) is 0.814. The largest absolute Gasteiger partial charge is 0.497 e. The normalized spacial score (nSPS) is 25.3. The van der Waals surface area contributed by atoms with E-state index in [-0.39, 0.29) is 17.8 Å². The number of benzene rings is 2. The molecule has 1 heterocycles. The number of anilines is 1. The molecule has 0 spiro atoms. The summed E-state index contributed by atoms with van der Waals surface area (Å²) in [6.45, 7) is 0. The topological polar surface area (TPSA) is 21.3 Å². The SMILES string of the molecule is COc1cccc([C@@H]2Nc3c(F)cccc3[C@H]3C=CC[C@H]32)c1. The Balaban J connectivity index is 1.80. The molecule has 0 fully saturated rings. The molecule has 0 saturated carbocycles. The van der Waals surface area contributed by atoms with Crippen LogP contribution in [0.2, 0.25) is 0 Å². The molecule has 4 rings (SSSR count). The summed E-state index contributed by atoms with van der Waals surface area (Å²) in [7, 11) is 1.67. The number of hydrogen-bond donors (Lipinski definition) is 1. The smallest absolute Gasteiger partial charge is 0.146 e. The minimum Gasteiger partial charge on any atom is -0.497 e. The average molecular weight is 295 g/mol. The Morgan fingerprint density at radius 3 is 2.91 bits per heavy atom. The second-order valence-electron chi connectivity index (χ2n) is 5.96. The third-order valence-electron chi connectivity index (χ3n) is 4.80. The molecule has 2 aliphatic rings. The highest BCUT2D eigenvalue weighted by molar-refractivity contribution is 5.60. The van der Waals surface area contributed by atoms with Gasteiger partial charge in [0.05, 0.1) is 18.8 Å². The molecule has 1 aliphatic heterocycles. The summed E-state index contributed by atoms with van der Waals surface area (Å²) < 4.78 is 19.6. The van der Waals surface area contributed by atoms with Gasteiger partial charge in [0.1, 0.15) is 11.6 Å². The third kappa shape index (κ3) is 2.00. The lowest BCUT2D eigenvalue weighted by atomic mass is 9.77. The van der Waals surface area contributed by atoms with E-state index in [9.17, 15) is 4.39 Å². The van der Waals surface area contributed by atoms with Crippen LogP contribution in [0.5, 0.6) is 5.75 Å². The maximum Gasteiger partial charge on any atom is 0.146 e. The summed E-state index contributed by atoms with van der Waals surface area (Å²) >= 11 is 0. The minimum absolute atomic E-state index is 0.0968. The summed E-state index contributed by atoms with van der Waals surface area (Å²) in [5.41, 5.74) is 2.85. The first-order chi connectivity index (χ1) is 10.8. The highest BCUT2D eigenvalue weighted by Gasteiger charge is 2.38. The molecule has 1 aliphatic carbocycles. The minimum atomic E-state index is -0.177. The standard InChI is InChI=1S/C19H18FNO/c1-22-13-6-2-5-12(11-13)18-15-8-3-7-14(15)16-9-4-10-17(20)19(16)21-18/h2-7,9-11,14-15,18,21H,8H2,1H3/t14-,15+,18-/m0/s1. The van der Waals surface area contributed by atoms with Crippen molar-refractivity contribution in [2.45, 2.75) is 18.4 Å². The fraction of sp³-hybridized carbons (Fsp3) is 0.263. The van der Waals surface area contributed by atoms with Crippen molar-refractivity contribution < 1.29 is 9.13 Å². The molecule has 2 nitrogen and oxygen atoms in total. The van der Waals surface area contributed by atoms with Crippen molar-refractivity contribution in [3.8, 4) is 5.75 Å². The predicted molar refractivity (Wildman–Crippen MR) is 85.7 cm³/mol. The Hall–Kier alpha value is -2.29. The van der Waals surface area contributed by atoms with E-state index in [0.29, 0.717) is 11.6 Å². The van der Waals surface area contributed by atoms with Crippen LogP contribution in [0.15, 0.2) is 54.6 Å². The zero-order chi connectivity index (χ0) is 15.1. The summed E-state index contributed by atoms with van der Waals surface area (Å²) in [6, 6.07) is 13.5. The maximum absolute atomic E-state index is 14.3. The van der Waals surface area contributed by atoms with Crippen LogP contribution in [0.25, 0.3) is 0 Å². The van der Waals surface area contributed by atoms with E-state index in [0.717, 1.165) is 23.3 Å². The first-order valence-electron chi connectivity index (χ1n) is 7.63. The van der Waals surface area contributed by atoms with Gasteiger partial charge in [0.25, 0.3) is 0 Å². The number of para-hydroxylation sites is 1. The first kappa shape index (κ1) is 13.4. The molecule has 22 heavy (non-hydrogen) atoms. The van der Waals surface area contributed by atoms with Gasteiger partial charge in [0, 0.05) is 5.92 Å². The van der Waals surface area contributed by atoms with Crippen molar-refractivity contribution in [3.05, 3.63) is 71.6 Å². The van der Waals surface area contributed by atoms with E-state index < -0.39 is 0 Å². The Bertz CT molecular complexity index is 740. The van der Waals surface area contributed by atoms with Gasteiger partial charge in [-0.25, -0.2) is 4.39 Å². The van der Waals surface area contributed by atoms with E-state index in [1.165, 1.54) is 6.07 Å². The molecule has 0 radical (unpaired) electrons. The van der Waals surface area contributed by atoms with Crippen LogP contribution in [0.3, 0.4) is 0 Å². The third-order valence-corrected chi connectivity index (χ3v) is 4.80. The zero-order valence-electron chi connectivity index (χ0n) is 12.4. The van der Waals surface area contributed by atoms with Gasteiger partial charge in [-0.1, -0.05) is 36.4 Å². The van der Waals surface area contributed by atoms with Gasteiger partial charge in [-0.15, -0.1) is 0 Å². The van der Waals surface area contributed by atoms with Crippen molar-refractivity contribution in [1.82, 2.24) is 0 Å². The molecule has 2 aromatic carbocycles. The van der Waals surface area contributed by atoms with Gasteiger partial charge in [0.15, 0.2) is 0 Å². The Morgan fingerprint density at radius 2 is 2.05 bits per heavy atom. The van der Waals surface area contributed by atoms with Crippen LogP contribution in [-0.2, 0) is 0 Å². The van der Waals surface area contributed by atoms with Crippen LogP contribution in [0, 0.1) is 11.7 Å². The number of allylic oxidation sites excluding steroid dienone is 2. The summed E-state index contributed by atoms with van der Waals surface area (Å²) in [5.74, 6) is 1.36. The van der Waals surface area contributed by atoms with E-state index in [4.69, 9.17) is 4.74 Å². The Kier molecular flexibility index (Phi) is 3.14. The lowest BCUT2D eigenvalue weighted by Crippen LogP contribution is -2.29. The van der Waals surface area contributed by atoms with Gasteiger partial charge in [-0.3, -0.25) is 0 Å². The number of halogens is 1. The molecular weight excluding hydrogens is 277 g/mol. The molecule has 3 atom stereocenters.